The Hall–Kier alpha value is -3.74. The molecule has 1 aliphatic heterocycles. The fourth-order valence-corrected chi connectivity index (χ4v) is 3.09. The molecule has 1 aromatic heterocycles. The zero-order valence-corrected chi connectivity index (χ0v) is 19.6. The summed E-state index contributed by atoms with van der Waals surface area (Å²) in [5.74, 6) is -7.30. The predicted molar refractivity (Wildman–Crippen MR) is 124 cm³/mol. The second-order valence-electron chi connectivity index (χ2n) is 7.63. The standard InChI is InChI=1S/C19H27N3O.2C2H2O4/c1-15-11-19(16(2)21-15)13-20-12-17-3-5-18(6-4-17)14-22-7-9-23-10-8-22;2*3-1(4)2(5)6/h3-6,11,20-21H,7-10,12-14H2,1-2H3;2*(H,3,4)(H,5,6). The molecule has 12 nitrogen and oxygen atoms in total. The Morgan fingerprint density at radius 1 is 0.857 bits per heavy atom. The molecule has 1 fully saturated rings. The maximum absolute atomic E-state index is 9.10. The zero-order chi connectivity index (χ0) is 26.4. The lowest BCUT2D eigenvalue weighted by molar-refractivity contribution is -0.159. The minimum absolute atomic E-state index is 0.861. The largest absolute Gasteiger partial charge is 0.473 e. The Bertz CT molecular complexity index is 933. The molecule has 0 aliphatic carbocycles. The third-order valence-corrected chi connectivity index (χ3v) is 4.80. The smallest absolute Gasteiger partial charge is 0.414 e. The van der Waals surface area contributed by atoms with E-state index in [1.54, 1.807) is 0 Å². The highest BCUT2D eigenvalue weighted by Crippen LogP contribution is 2.11. The van der Waals surface area contributed by atoms with Crippen molar-refractivity contribution in [3.63, 3.8) is 0 Å². The maximum atomic E-state index is 9.10. The third kappa shape index (κ3) is 12.3. The van der Waals surface area contributed by atoms with Gasteiger partial charge in [0.05, 0.1) is 13.2 Å². The molecule has 1 aromatic carbocycles. The van der Waals surface area contributed by atoms with E-state index in [0.29, 0.717) is 0 Å². The van der Waals surface area contributed by atoms with Gasteiger partial charge in [-0.3, -0.25) is 4.90 Å². The average Bonchev–Trinajstić information content (AvgIpc) is 3.13. The number of nitrogens with one attached hydrogen (secondary N) is 2. The van der Waals surface area contributed by atoms with E-state index < -0.39 is 23.9 Å². The monoisotopic (exact) mass is 493 g/mol. The number of rotatable bonds is 6. The molecule has 2 heterocycles. The van der Waals surface area contributed by atoms with Crippen LogP contribution in [0.3, 0.4) is 0 Å². The first kappa shape index (κ1) is 29.3. The third-order valence-electron chi connectivity index (χ3n) is 4.80. The molecule has 6 N–H and O–H groups in total. The number of aromatic nitrogens is 1. The SMILES string of the molecule is Cc1cc(CNCc2ccc(CN3CCOCC3)cc2)c(C)[nH]1.O=C(O)C(=O)O.O=C(O)C(=O)O. The Morgan fingerprint density at radius 3 is 1.77 bits per heavy atom. The molecule has 0 unspecified atom stereocenters. The van der Waals surface area contributed by atoms with Gasteiger partial charge in [-0.1, -0.05) is 24.3 Å². The van der Waals surface area contributed by atoms with Crippen LogP contribution in [0, 0.1) is 13.8 Å². The molecular formula is C23H31N3O9. The summed E-state index contributed by atoms with van der Waals surface area (Å²) in [6.45, 7) is 10.9. The Balaban J connectivity index is 0.000000425. The minimum Gasteiger partial charge on any atom is -0.473 e. The lowest BCUT2D eigenvalue weighted by Crippen LogP contribution is -2.35. The highest BCUT2D eigenvalue weighted by atomic mass is 16.5. The number of aliphatic carboxylic acids is 4. The van der Waals surface area contributed by atoms with Crippen LogP contribution in [-0.4, -0.2) is 80.5 Å². The van der Waals surface area contributed by atoms with Crippen LogP contribution in [-0.2, 0) is 43.5 Å². The number of nitrogens with zero attached hydrogens (tertiary/aromatic N) is 1. The van der Waals surface area contributed by atoms with E-state index in [1.807, 2.05) is 0 Å². The van der Waals surface area contributed by atoms with Gasteiger partial charge in [0.25, 0.3) is 0 Å². The van der Waals surface area contributed by atoms with E-state index in [-0.39, 0.29) is 0 Å². The van der Waals surface area contributed by atoms with Gasteiger partial charge < -0.3 is 35.5 Å². The number of H-pyrrole nitrogens is 1. The summed E-state index contributed by atoms with van der Waals surface area (Å²) in [4.78, 5) is 42.2. The summed E-state index contributed by atoms with van der Waals surface area (Å²) in [6.07, 6.45) is 0. The first-order chi connectivity index (χ1) is 16.5. The van der Waals surface area contributed by atoms with Crippen LogP contribution < -0.4 is 5.32 Å². The molecule has 1 aliphatic rings. The van der Waals surface area contributed by atoms with E-state index in [2.05, 4.69) is 59.4 Å². The number of ether oxygens (including phenoxy) is 1. The quantitative estimate of drug-likeness (QED) is 0.316. The molecule has 3 rings (SSSR count). The van der Waals surface area contributed by atoms with Gasteiger partial charge in [0.15, 0.2) is 0 Å². The summed E-state index contributed by atoms with van der Waals surface area (Å²) >= 11 is 0. The van der Waals surface area contributed by atoms with E-state index in [0.717, 1.165) is 45.9 Å². The molecule has 0 radical (unpaired) electrons. The van der Waals surface area contributed by atoms with Gasteiger partial charge in [0, 0.05) is 44.1 Å². The highest BCUT2D eigenvalue weighted by Gasteiger charge is 2.10. The topological polar surface area (TPSA) is 189 Å². The number of hydrogen-bond donors (Lipinski definition) is 6. The minimum atomic E-state index is -1.82. The fraction of sp³-hybridized carbons (Fsp3) is 0.391. The summed E-state index contributed by atoms with van der Waals surface area (Å²) in [5.41, 5.74) is 6.56. The van der Waals surface area contributed by atoms with Crippen LogP contribution in [0.5, 0.6) is 0 Å². The number of hydrogen-bond acceptors (Lipinski definition) is 7. The maximum Gasteiger partial charge on any atom is 0.414 e. The number of morpholine rings is 1. The Kier molecular flexibility index (Phi) is 12.7. The van der Waals surface area contributed by atoms with Crippen molar-refractivity contribution in [2.75, 3.05) is 26.3 Å². The lowest BCUT2D eigenvalue weighted by atomic mass is 10.1. The van der Waals surface area contributed by atoms with Gasteiger partial charge in [-0.2, -0.15) is 0 Å². The van der Waals surface area contributed by atoms with Crippen LogP contribution in [0.2, 0.25) is 0 Å². The normalized spacial score (nSPS) is 13.0. The van der Waals surface area contributed by atoms with Crippen molar-refractivity contribution < 1.29 is 44.3 Å². The van der Waals surface area contributed by atoms with Crippen molar-refractivity contribution in [3.8, 4) is 0 Å². The van der Waals surface area contributed by atoms with Crippen molar-refractivity contribution in [1.29, 1.82) is 0 Å². The molecule has 12 heteroatoms. The van der Waals surface area contributed by atoms with Crippen molar-refractivity contribution >= 4 is 23.9 Å². The molecule has 0 amide bonds. The van der Waals surface area contributed by atoms with Gasteiger partial charge in [-0.25, -0.2) is 19.2 Å². The van der Waals surface area contributed by atoms with Crippen molar-refractivity contribution in [1.82, 2.24) is 15.2 Å². The number of benzene rings is 1. The van der Waals surface area contributed by atoms with Crippen LogP contribution >= 0.6 is 0 Å². The van der Waals surface area contributed by atoms with Crippen molar-refractivity contribution in [2.24, 2.45) is 0 Å². The number of carboxylic acids is 4. The molecule has 192 valence electrons. The molecule has 0 atom stereocenters. The van der Waals surface area contributed by atoms with Gasteiger partial charge in [0.2, 0.25) is 0 Å². The van der Waals surface area contributed by atoms with Gasteiger partial charge in [-0.15, -0.1) is 0 Å². The number of carbonyl (C=O) groups is 4. The number of aromatic amines is 1. The predicted octanol–water partition coefficient (Wildman–Crippen LogP) is 1.06. The van der Waals surface area contributed by atoms with Gasteiger partial charge >= 0.3 is 23.9 Å². The number of aryl methyl sites for hydroxylation is 2. The van der Waals surface area contributed by atoms with Crippen molar-refractivity contribution in [2.45, 2.75) is 33.5 Å². The molecule has 35 heavy (non-hydrogen) atoms. The first-order valence-electron chi connectivity index (χ1n) is 10.7. The molecule has 0 spiro atoms. The molecular weight excluding hydrogens is 462 g/mol. The fourth-order valence-electron chi connectivity index (χ4n) is 3.09. The van der Waals surface area contributed by atoms with E-state index >= 15 is 0 Å². The van der Waals surface area contributed by atoms with Crippen LogP contribution in [0.1, 0.15) is 28.1 Å². The van der Waals surface area contributed by atoms with Gasteiger partial charge in [-0.05, 0) is 36.6 Å². The van der Waals surface area contributed by atoms with E-state index in [1.165, 1.54) is 28.1 Å². The van der Waals surface area contributed by atoms with Crippen molar-refractivity contribution in [3.05, 3.63) is 58.4 Å². The molecule has 0 bridgehead atoms. The average molecular weight is 494 g/mol. The van der Waals surface area contributed by atoms with Crippen LogP contribution in [0.15, 0.2) is 30.3 Å². The number of carboxylic acid groups (broad SMARTS) is 4. The van der Waals surface area contributed by atoms with Gasteiger partial charge in [0.1, 0.15) is 0 Å². The highest BCUT2D eigenvalue weighted by molar-refractivity contribution is 6.27. The Labute approximate surface area is 202 Å². The van der Waals surface area contributed by atoms with Crippen LogP contribution in [0.4, 0.5) is 0 Å². The van der Waals surface area contributed by atoms with E-state index in [4.69, 9.17) is 44.3 Å². The zero-order valence-electron chi connectivity index (χ0n) is 19.6. The molecule has 2 aromatic rings. The second-order valence-corrected chi connectivity index (χ2v) is 7.63. The summed E-state index contributed by atoms with van der Waals surface area (Å²) < 4.78 is 5.39. The summed E-state index contributed by atoms with van der Waals surface area (Å²) in [7, 11) is 0. The summed E-state index contributed by atoms with van der Waals surface area (Å²) in [6, 6.07) is 11.2. The lowest BCUT2D eigenvalue weighted by Gasteiger charge is -2.26. The van der Waals surface area contributed by atoms with E-state index in [9.17, 15) is 0 Å². The molecule has 1 saturated heterocycles. The first-order valence-corrected chi connectivity index (χ1v) is 10.7. The van der Waals surface area contributed by atoms with Crippen LogP contribution in [0.25, 0.3) is 0 Å². The Morgan fingerprint density at radius 2 is 1.34 bits per heavy atom. The second kappa shape index (κ2) is 15.2. The molecule has 0 saturated carbocycles. The summed E-state index contributed by atoms with van der Waals surface area (Å²) in [5, 5.41) is 33.1.